The third kappa shape index (κ3) is 1.34. The van der Waals surface area contributed by atoms with Gasteiger partial charge in [0.2, 0.25) is 0 Å². The van der Waals surface area contributed by atoms with Gasteiger partial charge in [-0.1, -0.05) is 37.9 Å². The summed E-state index contributed by atoms with van der Waals surface area (Å²) >= 11 is 2.06. The van der Waals surface area contributed by atoms with Gasteiger partial charge in [-0.05, 0) is 11.6 Å². The lowest BCUT2D eigenvalue weighted by Gasteiger charge is -2.21. The lowest BCUT2D eigenvalue weighted by molar-refractivity contribution is 1.45. The van der Waals surface area contributed by atoms with E-state index in [0.29, 0.717) is 0 Å². The van der Waals surface area contributed by atoms with E-state index in [9.17, 15) is 0 Å². The van der Waals surface area contributed by atoms with E-state index in [0.717, 1.165) is 4.87 Å². The molecule has 64 valence electrons. The fourth-order valence-corrected chi connectivity index (χ4v) is 4.82. The van der Waals surface area contributed by atoms with Crippen molar-refractivity contribution >= 4 is 19.8 Å². The Morgan fingerprint density at radius 2 is 2.08 bits per heavy atom. The van der Waals surface area contributed by atoms with Gasteiger partial charge in [0.15, 0.2) is 0 Å². The van der Waals surface area contributed by atoms with Crippen molar-refractivity contribution in [3.05, 3.63) is 34.8 Å². The van der Waals surface area contributed by atoms with E-state index in [1.165, 1.54) is 10.5 Å². The maximum absolute atomic E-state index is 2.45. The molecule has 0 amide bonds. The van der Waals surface area contributed by atoms with Gasteiger partial charge in [0, 0.05) is 9.78 Å². The van der Waals surface area contributed by atoms with Crippen LogP contribution in [-0.4, -0.2) is 12.9 Å². The molecule has 0 nitrogen and oxygen atoms in total. The zero-order chi connectivity index (χ0) is 8.77. The summed E-state index contributed by atoms with van der Waals surface area (Å²) in [6.45, 7) is 7.31. The van der Waals surface area contributed by atoms with E-state index in [1.807, 2.05) is 0 Å². The molecule has 0 radical (unpaired) electrons. The average molecular weight is 194 g/mol. The molecule has 1 aliphatic carbocycles. The van der Waals surface area contributed by atoms with E-state index in [-0.39, 0.29) is 0 Å². The molecule has 2 aliphatic rings. The largest absolute Gasteiger partial charge is 0.121 e. The summed E-state index contributed by atoms with van der Waals surface area (Å²) in [5.41, 5.74) is 1.47. The Kier molecular flexibility index (Phi) is 1.84. The first-order valence-electron chi connectivity index (χ1n) is 4.34. The third-order valence-electron chi connectivity index (χ3n) is 2.25. The first-order valence-corrected chi connectivity index (χ1v) is 8.80. The molecule has 1 atom stereocenters. The van der Waals surface area contributed by atoms with Gasteiger partial charge in [-0.25, -0.2) is 0 Å². The molecule has 0 aromatic heterocycles. The van der Waals surface area contributed by atoms with Crippen LogP contribution in [0.25, 0.3) is 0 Å². The van der Waals surface area contributed by atoms with E-state index in [1.54, 1.807) is 0 Å². The fourth-order valence-electron chi connectivity index (χ4n) is 1.42. The summed E-state index contributed by atoms with van der Waals surface area (Å²) in [6.07, 6.45) is 9.06. The molecular formula is C10H14SSi. The van der Waals surface area contributed by atoms with Crippen LogP contribution in [-0.2, 0) is 0 Å². The number of fused-ring (bicyclic) bond motifs is 1. The van der Waals surface area contributed by atoms with Crippen LogP contribution in [0.15, 0.2) is 34.8 Å². The molecule has 1 heterocycles. The quantitative estimate of drug-likeness (QED) is 0.577. The molecule has 0 fully saturated rings. The SMILES string of the molecule is C[Si](C)(C)C1C=C2C=CC=C2S1. The number of allylic oxidation sites excluding steroid dienone is 4. The van der Waals surface area contributed by atoms with Crippen LogP contribution >= 0.6 is 11.8 Å². The standard InChI is InChI=1S/C10H14SSi/c1-12(2,3)10-7-8-5-4-6-9(8)11-10/h4-7,10H,1-3H3. The summed E-state index contributed by atoms with van der Waals surface area (Å²) in [4.78, 5) is 2.28. The predicted octanol–water partition coefficient (Wildman–Crippen LogP) is 3.36. The van der Waals surface area contributed by atoms with E-state index in [4.69, 9.17) is 0 Å². The van der Waals surface area contributed by atoms with Crippen molar-refractivity contribution in [3.63, 3.8) is 0 Å². The van der Waals surface area contributed by atoms with Crippen LogP contribution in [0.1, 0.15) is 0 Å². The average Bonchev–Trinajstić information content (AvgIpc) is 2.37. The van der Waals surface area contributed by atoms with Crippen molar-refractivity contribution in [2.75, 3.05) is 0 Å². The summed E-state index contributed by atoms with van der Waals surface area (Å²) in [5.74, 6) is 0. The van der Waals surface area contributed by atoms with Gasteiger partial charge in [-0.3, -0.25) is 0 Å². The Hall–Kier alpha value is -0.213. The molecule has 1 unspecified atom stereocenters. The summed E-state index contributed by atoms with van der Waals surface area (Å²) in [7, 11) is -0.978. The summed E-state index contributed by atoms with van der Waals surface area (Å²) < 4.78 is 0. The second kappa shape index (κ2) is 2.64. The Morgan fingerprint density at radius 1 is 1.33 bits per heavy atom. The molecule has 0 aromatic rings. The molecule has 0 N–H and O–H groups in total. The number of hydrogen-bond donors (Lipinski definition) is 0. The third-order valence-corrected chi connectivity index (χ3v) is 7.61. The van der Waals surface area contributed by atoms with E-state index >= 15 is 0 Å². The highest BCUT2D eigenvalue weighted by molar-refractivity contribution is 8.06. The molecule has 12 heavy (non-hydrogen) atoms. The van der Waals surface area contributed by atoms with Crippen molar-refractivity contribution in [2.24, 2.45) is 0 Å². The fraction of sp³-hybridized carbons (Fsp3) is 0.400. The minimum atomic E-state index is -0.978. The first-order chi connectivity index (χ1) is 5.57. The molecule has 0 saturated heterocycles. The van der Waals surface area contributed by atoms with Crippen molar-refractivity contribution < 1.29 is 0 Å². The first kappa shape index (κ1) is 8.39. The summed E-state index contributed by atoms with van der Waals surface area (Å²) in [5, 5.41) is 0. The van der Waals surface area contributed by atoms with Gasteiger partial charge >= 0.3 is 0 Å². The number of thioether (sulfide) groups is 1. The molecule has 2 heteroatoms. The Balaban J connectivity index is 2.24. The second-order valence-corrected chi connectivity index (χ2v) is 11.4. The molecule has 0 bridgehead atoms. The highest BCUT2D eigenvalue weighted by Gasteiger charge is 2.32. The van der Waals surface area contributed by atoms with Crippen molar-refractivity contribution in [2.45, 2.75) is 24.5 Å². The Morgan fingerprint density at radius 3 is 2.67 bits per heavy atom. The van der Waals surface area contributed by atoms with Crippen LogP contribution in [0.2, 0.25) is 19.6 Å². The second-order valence-electron chi connectivity index (χ2n) is 4.42. The normalized spacial score (nSPS) is 27.1. The van der Waals surface area contributed by atoms with Gasteiger partial charge in [0.25, 0.3) is 0 Å². The number of hydrogen-bond acceptors (Lipinski definition) is 1. The topological polar surface area (TPSA) is 0 Å². The lowest BCUT2D eigenvalue weighted by atomic mass is 10.3. The van der Waals surface area contributed by atoms with Gasteiger partial charge in [0.1, 0.15) is 0 Å². The van der Waals surface area contributed by atoms with Crippen LogP contribution in [0.5, 0.6) is 0 Å². The minimum Gasteiger partial charge on any atom is -0.121 e. The van der Waals surface area contributed by atoms with Crippen LogP contribution < -0.4 is 0 Å². The van der Waals surface area contributed by atoms with E-state index < -0.39 is 8.07 Å². The van der Waals surface area contributed by atoms with Crippen LogP contribution in [0.4, 0.5) is 0 Å². The van der Waals surface area contributed by atoms with Gasteiger partial charge in [-0.15, -0.1) is 11.8 Å². The number of rotatable bonds is 1. The molecule has 0 aromatic carbocycles. The minimum absolute atomic E-state index is 0.795. The molecule has 0 saturated carbocycles. The Bertz CT molecular complexity index is 291. The molecule has 2 rings (SSSR count). The lowest BCUT2D eigenvalue weighted by Crippen LogP contribution is -2.32. The molecular weight excluding hydrogens is 180 g/mol. The zero-order valence-corrected chi connectivity index (χ0v) is 9.61. The van der Waals surface area contributed by atoms with E-state index in [2.05, 4.69) is 55.7 Å². The maximum atomic E-state index is 2.45. The van der Waals surface area contributed by atoms with Crippen LogP contribution in [0.3, 0.4) is 0 Å². The maximum Gasteiger partial charge on any atom is 0.0640 e. The highest BCUT2D eigenvalue weighted by atomic mass is 32.2. The van der Waals surface area contributed by atoms with Crippen molar-refractivity contribution in [3.8, 4) is 0 Å². The molecule has 1 aliphatic heterocycles. The highest BCUT2D eigenvalue weighted by Crippen LogP contribution is 2.43. The summed E-state index contributed by atoms with van der Waals surface area (Å²) in [6, 6.07) is 0. The monoisotopic (exact) mass is 194 g/mol. The van der Waals surface area contributed by atoms with Crippen LogP contribution in [0, 0.1) is 0 Å². The van der Waals surface area contributed by atoms with Gasteiger partial charge < -0.3 is 0 Å². The smallest absolute Gasteiger partial charge is 0.0640 e. The Labute approximate surface area is 79.4 Å². The van der Waals surface area contributed by atoms with Crippen molar-refractivity contribution in [1.82, 2.24) is 0 Å². The molecule has 0 spiro atoms. The zero-order valence-electron chi connectivity index (χ0n) is 7.79. The van der Waals surface area contributed by atoms with Gasteiger partial charge in [0.05, 0.1) is 8.07 Å². The predicted molar refractivity (Wildman–Crippen MR) is 60.0 cm³/mol. The van der Waals surface area contributed by atoms with Crippen molar-refractivity contribution in [1.29, 1.82) is 0 Å². The van der Waals surface area contributed by atoms with Gasteiger partial charge in [-0.2, -0.15) is 0 Å².